The van der Waals surface area contributed by atoms with Gasteiger partial charge in [-0.05, 0) is 30.2 Å². The number of nitrogen functional groups attached to an aromatic ring is 1. The van der Waals surface area contributed by atoms with Crippen molar-refractivity contribution in [1.82, 2.24) is 0 Å². The Labute approximate surface area is 132 Å². The zero-order valence-electron chi connectivity index (χ0n) is 12.5. The third-order valence-corrected chi connectivity index (χ3v) is 3.23. The minimum Gasteiger partial charge on any atom is -0.469 e. The second kappa shape index (κ2) is 7.26. The summed E-state index contributed by atoms with van der Waals surface area (Å²) in [5.41, 5.74) is 7.27. The van der Waals surface area contributed by atoms with E-state index >= 15 is 0 Å². The van der Waals surface area contributed by atoms with Crippen molar-refractivity contribution in [3.05, 3.63) is 58.1 Å². The molecule has 0 radical (unpaired) electrons. The van der Waals surface area contributed by atoms with E-state index in [1.54, 1.807) is 18.2 Å². The standard InChI is InChI=1S/C16H16N2O5/c1-22-16(19)9-3-11-2-6-14(10-15(11)17)23-13-7-4-12(5-8-13)18(20)21/h2,4-8,10H,3,9,17H2,1H3. The van der Waals surface area contributed by atoms with Crippen LogP contribution in [0.3, 0.4) is 0 Å². The number of anilines is 1. The van der Waals surface area contributed by atoms with Crippen molar-refractivity contribution in [2.75, 3.05) is 12.8 Å². The number of methoxy groups -OCH3 is 1. The molecule has 23 heavy (non-hydrogen) atoms. The molecule has 0 saturated carbocycles. The van der Waals surface area contributed by atoms with E-state index in [0.717, 1.165) is 5.56 Å². The summed E-state index contributed by atoms with van der Waals surface area (Å²) >= 11 is 0. The Hall–Kier alpha value is -3.09. The predicted molar refractivity (Wildman–Crippen MR) is 84.4 cm³/mol. The molecule has 0 amide bonds. The molecule has 0 bridgehead atoms. The third-order valence-electron chi connectivity index (χ3n) is 3.23. The molecule has 7 nitrogen and oxygen atoms in total. The van der Waals surface area contributed by atoms with Gasteiger partial charge in [-0.2, -0.15) is 0 Å². The van der Waals surface area contributed by atoms with Crippen molar-refractivity contribution >= 4 is 17.3 Å². The van der Waals surface area contributed by atoms with E-state index < -0.39 is 4.92 Å². The Morgan fingerprint density at radius 1 is 1.17 bits per heavy atom. The summed E-state index contributed by atoms with van der Waals surface area (Å²) in [7, 11) is 1.34. The van der Waals surface area contributed by atoms with Gasteiger partial charge in [0.25, 0.3) is 5.69 Å². The zero-order valence-corrected chi connectivity index (χ0v) is 12.5. The fourth-order valence-electron chi connectivity index (χ4n) is 1.97. The van der Waals surface area contributed by atoms with Crippen molar-refractivity contribution in [3.8, 4) is 11.5 Å². The molecule has 2 aromatic rings. The van der Waals surface area contributed by atoms with Crippen LogP contribution in [-0.2, 0) is 16.0 Å². The molecule has 0 aromatic heterocycles. The number of nitrogens with two attached hydrogens (primary N) is 1. The van der Waals surface area contributed by atoms with Gasteiger partial charge in [-0.25, -0.2) is 0 Å². The molecule has 0 fully saturated rings. The molecular formula is C16H16N2O5. The van der Waals surface area contributed by atoms with Crippen molar-refractivity contribution in [2.24, 2.45) is 0 Å². The first kappa shape index (κ1) is 16.3. The number of benzene rings is 2. The van der Waals surface area contributed by atoms with Gasteiger partial charge in [-0.1, -0.05) is 6.07 Å². The van der Waals surface area contributed by atoms with Gasteiger partial charge in [0.05, 0.1) is 12.0 Å². The van der Waals surface area contributed by atoms with Crippen molar-refractivity contribution in [1.29, 1.82) is 0 Å². The van der Waals surface area contributed by atoms with Crippen LogP contribution in [0, 0.1) is 10.1 Å². The Bertz CT molecular complexity index is 713. The molecule has 120 valence electrons. The SMILES string of the molecule is COC(=O)CCc1ccc(Oc2ccc([N+](=O)[O-])cc2)cc1N. The van der Waals surface area contributed by atoms with Gasteiger partial charge in [-0.15, -0.1) is 0 Å². The average molecular weight is 316 g/mol. The van der Waals surface area contributed by atoms with Crippen LogP contribution in [-0.4, -0.2) is 18.0 Å². The van der Waals surface area contributed by atoms with Crippen LogP contribution in [0.2, 0.25) is 0 Å². The first-order valence-electron chi connectivity index (χ1n) is 6.87. The van der Waals surface area contributed by atoms with Crippen LogP contribution >= 0.6 is 0 Å². The van der Waals surface area contributed by atoms with Gasteiger partial charge in [0.2, 0.25) is 0 Å². The number of hydrogen-bond donors (Lipinski definition) is 1. The molecule has 7 heteroatoms. The lowest BCUT2D eigenvalue weighted by Gasteiger charge is -2.09. The van der Waals surface area contributed by atoms with Gasteiger partial charge in [0, 0.05) is 30.3 Å². The molecule has 0 unspecified atom stereocenters. The lowest BCUT2D eigenvalue weighted by molar-refractivity contribution is -0.384. The molecule has 0 aliphatic rings. The number of non-ortho nitro benzene ring substituents is 1. The van der Waals surface area contributed by atoms with Gasteiger partial charge < -0.3 is 15.2 Å². The van der Waals surface area contributed by atoms with Gasteiger partial charge in [-0.3, -0.25) is 14.9 Å². The van der Waals surface area contributed by atoms with E-state index in [1.807, 2.05) is 0 Å². The minimum atomic E-state index is -0.474. The summed E-state index contributed by atoms with van der Waals surface area (Å²) < 4.78 is 10.2. The van der Waals surface area contributed by atoms with Gasteiger partial charge in [0.1, 0.15) is 11.5 Å². The quantitative estimate of drug-likeness (QED) is 0.380. The Morgan fingerprint density at radius 2 is 1.83 bits per heavy atom. The summed E-state index contributed by atoms with van der Waals surface area (Å²) in [4.78, 5) is 21.3. The van der Waals surface area contributed by atoms with Crippen LogP contribution < -0.4 is 10.5 Å². The number of ether oxygens (including phenoxy) is 2. The maximum Gasteiger partial charge on any atom is 0.305 e. The van der Waals surface area contributed by atoms with E-state index in [0.29, 0.717) is 23.6 Å². The maximum atomic E-state index is 11.1. The number of rotatable bonds is 6. The fourth-order valence-corrected chi connectivity index (χ4v) is 1.97. The van der Waals surface area contributed by atoms with E-state index in [1.165, 1.54) is 31.4 Å². The van der Waals surface area contributed by atoms with Crippen molar-refractivity contribution in [2.45, 2.75) is 12.8 Å². The molecule has 0 aliphatic heterocycles. The smallest absolute Gasteiger partial charge is 0.305 e. The van der Waals surface area contributed by atoms with Crippen LogP contribution in [0.25, 0.3) is 0 Å². The lowest BCUT2D eigenvalue weighted by Crippen LogP contribution is -2.03. The number of nitro benzene ring substituents is 1. The second-order valence-corrected chi connectivity index (χ2v) is 4.79. The summed E-state index contributed by atoms with van der Waals surface area (Å²) in [5, 5.41) is 10.6. The highest BCUT2D eigenvalue weighted by Gasteiger charge is 2.08. The van der Waals surface area contributed by atoms with Crippen molar-refractivity contribution < 1.29 is 19.2 Å². The normalized spacial score (nSPS) is 10.1. The summed E-state index contributed by atoms with van der Waals surface area (Å²) in [6, 6.07) is 10.9. The molecule has 0 atom stereocenters. The molecular weight excluding hydrogens is 300 g/mol. The number of nitrogens with zero attached hydrogens (tertiary/aromatic N) is 1. The summed E-state index contributed by atoms with van der Waals surface area (Å²) in [5.74, 6) is 0.686. The molecule has 0 saturated heterocycles. The van der Waals surface area contributed by atoms with Crippen molar-refractivity contribution in [3.63, 3.8) is 0 Å². The highest BCUT2D eigenvalue weighted by Crippen LogP contribution is 2.27. The van der Waals surface area contributed by atoms with E-state index in [4.69, 9.17) is 10.5 Å². The first-order chi connectivity index (χ1) is 11.0. The Kier molecular flexibility index (Phi) is 5.14. The highest BCUT2D eigenvalue weighted by molar-refractivity contribution is 5.70. The van der Waals surface area contributed by atoms with E-state index in [9.17, 15) is 14.9 Å². The number of carbonyl (C=O) groups excluding carboxylic acids is 1. The van der Waals surface area contributed by atoms with E-state index in [2.05, 4.69) is 4.74 Å². The number of carbonyl (C=O) groups is 1. The Balaban J connectivity index is 2.05. The monoisotopic (exact) mass is 316 g/mol. The van der Waals surface area contributed by atoms with Crippen LogP contribution in [0.4, 0.5) is 11.4 Å². The topological polar surface area (TPSA) is 105 Å². The largest absolute Gasteiger partial charge is 0.469 e. The highest BCUT2D eigenvalue weighted by atomic mass is 16.6. The lowest BCUT2D eigenvalue weighted by atomic mass is 10.1. The molecule has 0 heterocycles. The Morgan fingerprint density at radius 3 is 2.39 bits per heavy atom. The molecule has 0 spiro atoms. The number of esters is 1. The zero-order chi connectivity index (χ0) is 16.8. The number of hydrogen-bond acceptors (Lipinski definition) is 6. The molecule has 2 N–H and O–H groups in total. The van der Waals surface area contributed by atoms with Gasteiger partial charge >= 0.3 is 5.97 Å². The van der Waals surface area contributed by atoms with Gasteiger partial charge in [0.15, 0.2) is 0 Å². The summed E-state index contributed by atoms with van der Waals surface area (Å²) in [6.07, 6.45) is 0.736. The van der Waals surface area contributed by atoms with Crippen LogP contribution in [0.5, 0.6) is 11.5 Å². The fraction of sp³-hybridized carbons (Fsp3) is 0.188. The third kappa shape index (κ3) is 4.44. The molecule has 2 aromatic carbocycles. The molecule has 2 rings (SSSR count). The number of nitro groups is 1. The van der Waals surface area contributed by atoms with E-state index in [-0.39, 0.29) is 18.1 Å². The minimum absolute atomic E-state index is 0.00461. The summed E-state index contributed by atoms with van der Waals surface area (Å²) in [6.45, 7) is 0. The number of aryl methyl sites for hydroxylation is 1. The van der Waals surface area contributed by atoms with Crippen LogP contribution in [0.15, 0.2) is 42.5 Å². The first-order valence-corrected chi connectivity index (χ1v) is 6.87. The average Bonchev–Trinajstić information content (AvgIpc) is 2.54. The second-order valence-electron chi connectivity index (χ2n) is 4.79. The predicted octanol–water partition coefficient (Wildman–Crippen LogP) is 3.07. The van der Waals surface area contributed by atoms with Crippen LogP contribution in [0.1, 0.15) is 12.0 Å². The maximum absolute atomic E-state index is 11.1. The molecule has 0 aliphatic carbocycles.